The number of ether oxygens (including phenoxy) is 1. The molecular formula is C21H26N4O4. The van der Waals surface area contributed by atoms with Crippen LogP contribution >= 0.6 is 0 Å². The van der Waals surface area contributed by atoms with E-state index >= 15 is 0 Å². The molecule has 1 saturated heterocycles. The second kappa shape index (κ2) is 8.63. The number of likely N-dealkylation sites (tertiary alicyclic amines) is 1. The molecule has 29 heavy (non-hydrogen) atoms. The highest BCUT2D eigenvalue weighted by Gasteiger charge is 2.33. The standard InChI is InChI=1S/C21H26N4O4/c1-2-28-17-8-4-3-7-16(17)20(27)22-12-18(26)25-11-5-6-15(13-25)19-23-21(29-24-19)14-9-10-14/h3-4,7-8,14-15H,2,5-6,9-13H2,1H3,(H,22,27). The number of rotatable bonds is 7. The number of carbonyl (C=O) groups is 2. The van der Waals surface area contributed by atoms with Crippen LogP contribution in [0.4, 0.5) is 0 Å². The Morgan fingerprint density at radius 2 is 2.07 bits per heavy atom. The van der Waals surface area contributed by atoms with Gasteiger partial charge in [0.05, 0.1) is 18.7 Å². The number of benzene rings is 1. The minimum Gasteiger partial charge on any atom is -0.493 e. The highest BCUT2D eigenvalue weighted by Crippen LogP contribution is 2.39. The number of aromatic nitrogens is 2. The van der Waals surface area contributed by atoms with Crippen molar-refractivity contribution in [1.82, 2.24) is 20.4 Å². The maximum Gasteiger partial charge on any atom is 0.255 e. The number of nitrogens with one attached hydrogen (secondary N) is 1. The smallest absolute Gasteiger partial charge is 0.255 e. The van der Waals surface area contributed by atoms with Crippen molar-refractivity contribution in [2.75, 3.05) is 26.2 Å². The molecule has 1 aliphatic heterocycles. The Labute approximate surface area is 169 Å². The molecule has 2 amide bonds. The lowest BCUT2D eigenvalue weighted by Crippen LogP contribution is -2.44. The van der Waals surface area contributed by atoms with E-state index in [9.17, 15) is 9.59 Å². The Kier molecular flexibility index (Phi) is 5.78. The van der Waals surface area contributed by atoms with Crippen LogP contribution < -0.4 is 10.1 Å². The van der Waals surface area contributed by atoms with Gasteiger partial charge in [-0.15, -0.1) is 0 Å². The molecule has 2 aromatic rings. The molecule has 1 aliphatic carbocycles. The van der Waals surface area contributed by atoms with E-state index in [2.05, 4.69) is 15.5 Å². The summed E-state index contributed by atoms with van der Waals surface area (Å²) in [7, 11) is 0. The van der Waals surface area contributed by atoms with Crippen LogP contribution in [-0.4, -0.2) is 53.1 Å². The first-order valence-electron chi connectivity index (χ1n) is 10.3. The summed E-state index contributed by atoms with van der Waals surface area (Å²) in [5, 5.41) is 6.85. The number of piperidine rings is 1. The fourth-order valence-electron chi connectivity index (χ4n) is 3.62. The molecule has 1 unspecified atom stereocenters. The van der Waals surface area contributed by atoms with E-state index in [0.717, 1.165) is 31.6 Å². The van der Waals surface area contributed by atoms with E-state index < -0.39 is 0 Å². The fourth-order valence-corrected chi connectivity index (χ4v) is 3.62. The lowest BCUT2D eigenvalue weighted by Gasteiger charge is -2.31. The number of hydrogen-bond donors (Lipinski definition) is 1. The van der Waals surface area contributed by atoms with Crippen LogP contribution in [-0.2, 0) is 4.79 Å². The summed E-state index contributed by atoms with van der Waals surface area (Å²) in [6, 6.07) is 7.02. The summed E-state index contributed by atoms with van der Waals surface area (Å²) >= 11 is 0. The summed E-state index contributed by atoms with van der Waals surface area (Å²) < 4.78 is 10.9. The molecule has 2 heterocycles. The second-order valence-corrected chi connectivity index (χ2v) is 7.56. The average molecular weight is 398 g/mol. The summed E-state index contributed by atoms with van der Waals surface area (Å²) in [5.41, 5.74) is 0.429. The Morgan fingerprint density at radius 1 is 1.24 bits per heavy atom. The fraction of sp³-hybridized carbons (Fsp3) is 0.524. The summed E-state index contributed by atoms with van der Waals surface area (Å²) in [4.78, 5) is 31.5. The van der Waals surface area contributed by atoms with Crippen LogP contribution in [0, 0.1) is 0 Å². The van der Waals surface area contributed by atoms with Crippen molar-refractivity contribution in [3.05, 3.63) is 41.5 Å². The number of para-hydroxylation sites is 1. The van der Waals surface area contributed by atoms with Gasteiger partial charge in [0.15, 0.2) is 5.82 Å². The first-order chi connectivity index (χ1) is 14.2. The van der Waals surface area contributed by atoms with E-state index in [1.165, 1.54) is 0 Å². The van der Waals surface area contributed by atoms with E-state index in [-0.39, 0.29) is 24.3 Å². The largest absolute Gasteiger partial charge is 0.493 e. The van der Waals surface area contributed by atoms with Crippen molar-refractivity contribution in [2.24, 2.45) is 0 Å². The zero-order valence-corrected chi connectivity index (χ0v) is 16.6. The van der Waals surface area contributed by atoms with Crippen molar-refractivity contribution in [3.63, 3.8) is 0 Å². The molecule has 154 valence electrons. The van der Waals surface area contributed by atoms with Crippen LogP contribution in [0.2, 0.25) is 0 Å². The molecular weight excluding hydrogens is 372 g/mol. The van der Waals surface area contributed by atoms with Gasteiger partial charge in [-0.25, -0.2) is 0 Å². The third kappa shape index (κ3) is 4.58. The molecule has 2 aliphatic rings. The minimum atomic E-state index is -0.316. The number of carbonyl (C=O) groups excluding carboxylic acids is 2. The van der Waals surface area contributed by atoms with Gasteiger partial charge in [-0.3, -0.25) is 9.59 Å². The van der Waals surface area contributed by atoms with Crippen LogP contribution in [0.1, 0.15) is 66.5 Å². The molecule has 2 fully saturated rings. The summed E-state index contributed by atoms with van der Waals surface area (Å²) in [5.74, 6) is 2.01. The number of nitrogens with zero attached hydrogens (tertiary/aromatic N) is 3. The molecule has 4 rings (SSSR count). The van der Waals surface area contributed by atoms with E-state index in [1.807, 2.05) is 13.0 Å². The molecule has 1 aromatic heterocycles. The minimum absolute atomic E-state index is 0.0500. The van der Waals surface area contributed by atoms with Crippen molar-refractivity contribution in [2.45, 2.75) is 44.4 Å². The lowest BCUT2D eigenvalue weighted by molar-refractivity contribution is -0.131. The van der Waals surface area contributed by atoms with Gasteiger partial charge in [0.25, 0.3) is 5.91 Å². The van der Waals surface area contributed by atoms with Crippen LogP contribution in [0.5, 0.6) is 5.75 Å². The first kappa shape index (κ1) is 19.4. The predicted octanol–water partition coefficient (Wildman–Crippen LogP) is 2.48. The van der Waals surface area contributed by atoms with Gasteiger partial charge in [-0.05, 0) is 44.7 Å². The molecule has 8 nitrogen and oxygen atoms in total. The predicted molar refractivity (Wildman–Crippen MR) is 105 cm³/mol. The van der Waals surface area contributed by atoms with E-state index in [1.54, 1.807) is 23.1 Å². The number of hydrogen-bond acceptors (Lipinski definition) is 6. The van der Waals surface area contributed by atoms with Crippen LogP contribution in [0.25, 0.3) is 0 Å². The van der Waals surface area contributed by atoms with Gasteiger partial charge >= 0.3 is 0 Å². The third-order valence-electron chi connectivity index (χ3n) is 5.35. The molecule has 1 atom stereocenters. The van der Waals surface area contributed by atoms with Gasteiger partial charge in [-0.1, -0.05) is 17.3 Å². The number of amides is 2. The lowest BCUT2D eigenvalue weighted by atomic mass is 9.97. The Bertz CT molecular complexity index is 877. The topological polar surface area (TPSA) is 97.6 Å². The average Bonchev–Trinajstić information content (AvgIpc) is 3.49. The van der Waals surface area contributed by atoms with Gasteiger partial charge in [0.2, 0.25) is 11.8 Å². The van der Waals surface area contributed by atoms with Crippen LogP contribution in [0.15, 0.2) is 28.8 Å². The Morgan fingerprint density at radius 3 is 2.86 bits per heavy atom. The molecule has 0 bridgehead atoms. The van der Waals surface area contributed by atoms with Gasteiger partial charge in [-0.2, -0.15) is 4.98 Å². The molecule has 0 spiro atoms. The molecule has 1 N–H and O–H groups in total. The summed E-state index contributed by atoms with van der Waals surface area (Å²) in [6.45, 7) is 3.51. The van der Waals surface area contributed by atoms with Crippen molar-refractivity contribution in [3.8, 4) is 5.75 Å². The third-order valence-corrected chi connectivity index (χ3v) is 5.35. The van der Waals surface area contributed by atoms with E-state index in [4.69, 9.17) is 9.26 Å². The van der Waals surface area contributed by atoms with Crippen molar-refractivity contribution >= 4 is 11.8 Å². The van der Waals surface area contributed by atoms with Gasteiger partial charge < -0.3 is 19.5 Å². The van der Waals surface area contributed by atoms with Crippen molar-refractivity contribution < 1.29 is 18.8 Å². The molecule has 0 radical (unpaired) electrons. The van der Waals surface area contributed by atoms with E-state index in [0.29, 0.717) is 42.8 Å². The van der Waals surface area contributed by atoms with Gasteiger partial charge in [0, 0.05) is 24.9 Å². The Hall–Kier alpha value is -2.90. The Balaban J connectivity index is 1.32. The first-order valence-corrected chi connectivity index (χ1v) is 10.3. The maximum absolute atomic E-state index is 12.7. The highest BCUT2D eigenvalue weighted by molar-refractivity contribution is 5.98. The van der Waals surface area contributed by atoms with Crippen molar-refractivity contribution in [1.29, 1.82) is 0 Å². The summed E-state index contributed by atoms with van der Waals surface area (Å²) in [6.07, 6.45) is 4.04. The molecule has 1 aromatic carbocycles. The SMILES string of the molecule is CCOc1ccccc1C(=O)NCC(=O)N1CCCC(c2noc(C3CC3)n2)C1. The maximum atomic E-state index is 12.7. The molecule has 8 heteroatoms. The normalized spacial score (nSPS) is 19.1. The van der Waals surface area contributed by atoms with Crippen LogP contribution in [0.3, 0.4) is 0 Å². The monoisotopic (exact) mass is 398 g/mol. The highest BCUT2D eigenvalue weighted by atomic mass is 16.5. The second-order valence-electron chi connectivity index (χ2n) is 7.56. The quantitative estimate of drug-likeness (QED) is 0.770. The zero-order chi connectivity index (χ0) is 20.2. The van der Waals surface area contributed by atoms with Gasteiger partial charge in [0.1, 0.15) is 5.75 Å². The zero-order valence-electron chi connectivity index (χ0n) is 16.6. The molecule has 1 saturated carbocycles.